The van der Waals surface area contributed by atoms with Gasteiger partial charge in [0.05, 0.1) is 6.26 Å². The van der Waals surface area contributed by atoms with Gasteiger partial charge >= 0.3 is 0 Å². The Bertz CT molecular complexity index is 1070. The molecule has 1 saturated carbocycles. The zero-order valence-corrected chi connectivity index (χ0v) is 17.2. The van der Waals surface area contributed by atoms with Crippen LogP contribution >= 0.6 is 0 Å². The molecule has 2 aliphatic rings. The topological polar surface area (TPSA) is 86.5 Å². The number of nitrogens with zero attached hydrogens (tertiary/aromatic N) is 4. The lowest BCUT2D eigenvalue weighted by atomic mass is 9.95. The Morgan fingerprint density at radius 3 is 2.55 bits per heavy atom. The lowest BCUT2D eigenvalue weighted by molar-refractivity contribution is -0.137. The molecule has 158 valence electrons. The summed E-state index contributed by atoms with van der Waals surface area (Å²) in [5.41, 5.74) is 1.42. The molecule has 1 amide bonds. The van der Waals surface area contributed by atoms with Crippen LogP contribution in [-0.4, -0.2) is 34.9 Å². The molecule has 7 heteroatoms. The fraction of sp³-hybridized carbons (Fsp3) is 0.375. The summed E-state index contributed by atoms with van der Waals surface area (Å²) in [6.45, 7) is 1.99. The molecule has 1 saturated heterocycles. The van der Waals surface area contributed by atoms with Crippen molar-refractivity contribution in [1.29, 1.82) is 5.26 Å². The molecule has 0 atom stereocenters. The van der Waals surface area contributed by atoms with Gasteiger partial charge < -0.3 is 18.6 Å². The van der Waals surface area contributed by atoms with Crippen molar-refractivity contribution in [3.63, 3.8) is 0 Å². The number of nitriles is 1. The molecule has 1 aliphatic heterocycles. The van der Waals surface area contributed by atoms with Gasteiger partial charge in [-0.1, -0.05) is 30.3 Å². The van der Waals surface area contributed by atoms with Gasteiger partial charge in [0.1, 0.15) is 6.07 Å². The number of rotatable bonds is 6. The van der Waals surface area contributed by atoms with Crippen LogP contribution in [0, 0.1) is 17.2 Å². The first-order valence-corrected chi connectivity index (χ1v) is 10.8. The van der Waals surface area contributed by atoms with E-state index in [2.05, 4.69) is 28.1 Å². The number of amides is 1. The Hall–Kier alpha value is -3.53. The van der Waals surface area contributed by atoms with Gasteiger partial charge in [-0.2, -0.15) is 10.2 Å². The van der Waals surface area contributed by atoms with Gasteiger partial charge in [0, 0.05) is 31.6 Å². The lowest BCUT2D eigenvalue weighted by Crippen LogP contribution is -2.43. The Labute approximate surface area is 180 Å². The summed E-state index contributed by atoms with van der Waals surface area (Å²) in [6.07, 6.45) is 5.20. The summed E-state index contributed by atoms with van der Waals surface area (Å²) in [7, 11) is 0. The van der Waals surface area contributed by atoms with Crippen LogP contribution < -0.4 is 4.90 Å². The third-order valence-electron chi connectivity index (χ3n) is 6.05. The second-order valence-electron chi connectivity index (χ2n) is 8.21. The molecule has 0 radical (unpaired) electrons. The first-order chi connectivity index (χ1) is 15.2. The predicted molar refractivity (Wildman–Crippen MR) is 114 cm³/mol. The van der Waals surface area contributed by atoms with Gasteiger partial charge in [0.15, 0.2) is 5.76 Å². The zero-order valence-electron chi connectivity index (χ0n) is 17.2. The number of hydrogen-bond donors (Lipinski definition) is 0. The molecule has 0 spiro atoms. The molecule has 2 fully saturated rings. The van der Waals surface area contributed by atoms with Crippen molar-refractivity contribution in [2.45, 2.75) is 38.3 Å². The highest BCUT2D eigenvalue weighted by Gasteiger charge is 2.37. The number of furan rings is 1. The Morgan fingerprint density at radius 1 is 1.13 bits per heavy atom. The van der Waals surface area contributed by atoms with E-state index in [-0.39, 0.29) is 17.5 Å². The van der Waals surface area contributed by atoms with Crippen molar-refractivity contribution in [2.75, 3.05) is 18.0 Å². The number of anilines is 1. The van der Waals surface area contributed by atoms with E-state index in [4.69, 9.17) is 8.83 Å². The molecule has 1 aliphatic carbocycles. The van der Waals surface area contributed by atoms with E-state index in [1.807, 2.05) is 23.1 Å². The van der Waals surface area contributed by atoms with Gasteiger partial charge in [-0.15, -0.1) is 0 Å². The van der Waals surface area contributed by atoms with Crippen molar-refractivity contribution in [3.05, 3.63) is 60.0 Å². The number of piperidine rings is 1. The van der Waals surface area contributed by atoms with Crippen LogP contribution in [0.3, 0.4) is 0 Å². The van der Waals surface area contributed by atoms with Gasteiger partial charge in [0.2, 0.25) is 17.5 Å². The molecular formula is C24H24N4O3. The van der Waals surface area contributed by atoms with Crippen LogP contribution in [-0.2, 0) is 11.3 Å². The molecule has 2 aromatic heterocycles. The van der Waals surface area contributed by atoms with E-state index >= 15 is 0 Å². The number of carbonyl (C=O) groups excluding carboxylic acids is 1. The van der Waals surface area contributed by atoms with E-state index in [0.717, 1.165) is 25.7 Å². The SMILES string of the molecule is N#Cc1nc(-c2ccco2)oc1N1CCC(C(=O)N(Cc2ccccc2)C2CC2)CC1. The molecule has 7 nitrogen and oxygen atoms in total. The van der Waals surface area contributed by atoms with Gasteiger partial charge in [-0.3, -0.25) is 4.79 Å². The largest absolute Gasteiger partial charge is 0.459 e. The smallest absolute Gasteiger partial charge is 0.266 e. The van der Waals surface area contributed by atoms with Crippen LogP contribution in [0.5, 0.6) is 0 Å². The molecule has 5 rings (SSSR count). The number of benzene rings is 1. The molecule has 31 heavy (non-hydrogen) atoms. The highest BCUT2D eigenvalue weighted by atomic mass is 16.4. The summed E-state index contributed by atoms with van der Waals surface area (Å²) in [5, 5.41) is 9.49. The van der Waals surface area contributed by atoms with Crippen molar-refractivity contribution in [1.82, 2.24) is 9.88 Å². The minimum atomic E-state index is -0.00133. The molecular weight excluding hydrogens is 392 g/mol. The second-order valence-corrected chi connectivity index (χ2v) is 8.21. The maximum atomic E-state index is 13.3. The van der Waals surface area contributed by atoms with Crippen LogP contribution in [0.2, 0.25) is 0 Å². The maximum absolute atomic E-state index is 13.3. The van der Waals surface area contributed by atoms with Crippen molar-refractivity contribution in [3.8, 4) is 17.7 Å². The number of oxazole rings is 1. The molecule has 0 N–H and O–H groups in total. The standard InChI is InChI=1S/C24H24N4O3/c25-15-20-24(31-22(26-20)21-7-4-14-30-21)27-12-10-18(11-13-27)23(29)28(19-8-9-19)16-17-5-2-1-3-6-17/h1-7,14,18-19H,8-13,16H2. The molecule has 0 bridgehead atoms. The van der Waals surface area contributed by atoms with Gasteiger partial charge in [-0.25, -0.2) is 0 Å². The highest BCUT2D eigenvalue weighted by Crippen LogP contribution is 2.34. The van der Waals surface area contributed by atoms with Crippen molar-refractivity contribution >= 4 is 11.8 Å². The molecule has 0 unspecified atom stereocenters. The van der Waals surface area contributed by atoms with E-state index in [1.54, 1.807) is 18.4 Å². The van der Waals surface area contributed by atoms with Crippen LogP contribution in [0.25, 0.3) is 11.7 Å². The second kappa shape index (κ2) is 8.31. The quantitative estimate of drug-likeness (QED) is 0.598. The van der Waals surface area contributed by atoms with Crippen LogP contribution in [0.1, 0.15) is 36.9 Å². The van der Waals surface area contributed by atoms with Crippen molar-refractivity contribution in [2.24, 2.45) is 5.92 Å². The Kier molecular flexibility index (Phi) is 5.21. The summed E-state index contributed by atoms with van der Waals surface area (Å²) in [6, 6.07) is 16.2. The minimum absolute atomic E-state index is 0.00133. The van der Waals surface area contributed by atoms with Crippen LogP contribution in [0.4, 0.5) is 5.88 Å². The lowest BCUT2D eigenvalue weighted by Gasteiger charge is -2.34. The van der Waals surface area contributed by atoms with E-state index in [1.165, 1.54) is 5.56 Å². The van der Waals surface area contributed by atoms with Gasteiger partial charge in [-0.05, 0) is 43.4 Å². The zero-order chi connectivity index (χ0) is 21.2. The Balaban J connectivity index is 1.26. The summed E-state index contributed by atoms with van der Waals surface area (Å²) < 4.78 is 11.2. The third kappa shape index (κ3) is 4.06. The first-order valence-electron chi connectivity index (χ1n) is 10.8. The fourth-order valence-electron chi connectivity index (χ4n) is 4.22. The molecule has 3 aromatic rings. The van der Waals surface area contributed by atoms with E-state index in [0.29, 0.717) is 43.2 Å². The summed E-state index contributed by atoms with van der Waals surface area (Å²) in [4.78, 5) is 21.7. The fourth-order valence-corrected chi connectivity index (χ4v) is 4.22. The first kappa shape index (κ1) is 19.4. The number of hydrogen-bond acceptors (Lipinski definition) is 6. The normalized spacial score (nSPS) is 16.8. The summed E-state index contributed by atoms with van der Waals surface area (Å²) in [5.74, 6) is 1.51. The number of aromatic nitrogens is 1. The molecule has 1 aromatic carbocycles. The third-order valence-corrected chi connectivity index (χ3v) is 6.05. The van der Waals surface area contributed by atoms with Crippen LogP contribution in [0.15, 0.2) is 57.6 Å². The molecule has 3 heterocycles. The average molecular weight is 416 g/mol. The number of carbonyl (C=O) groups is 1. The van der Waals surface area contributed by atoms with E-state index in [9.17, 15) is 10.1 Å². The highest BCUT2D eigenvalue weighted by molar-refractivity contribution is 5.80. The minimum Gasteiger partial charge on any atom is -0.459 e. The predicted octanol–water partition coefficient (Wildman–Crippen LogP) is 4.21. The van der Waals surface area contributed by atoms with Gasteiger partial charge in [0.25, 0.3) is 5.89 Å². The summed E-state index contributed by atoms with van der Waals surface area (Å²) >= 11 is 0. The van der Waals surface area contributed by atoms with E-state index < -0.39 is 0 Å². The van der Waals surface area contributed by atoms with Crippen molar-refractivity contribution < 1.29 is 13.6 Å². The monoisotopic (exact) mass is 416 g/mol. The maximum Gasteiger partial charge on any atom is 0.266 e. The average Bonchev–Trinajstić information content (AvgIpc) is 3.33. The Morgan fingerprint density at radius 2 is 1.90 bits per heavy atom.